The molecule has 0 bridgehead atoms. The van der Waals surface area contributed by atoms with E-state index in [0.29, 0.717) is 17.9 Å². The number of hydrogen-bond acceptors (Lipinski definition) is 4. The lowest BCUT2D eigenvalue weighted by molar-refractivity contribution is -0.115. The van der Waals surface area contributed by atoms with Crippen molar-refractivity contribution in [2.75, 3.05) is 23.9 Å². The zero-order chi connectivity index (χ0) is 15.2. The molecule has 2 unspecified atom stereocenters. The van der Waals surface area contributed by atoms with E-state index in [2.05, 4.69) is 10.6 Å². The highest BCUT2D eigenvalue weighted by Gasteiger charge is 2.35. The second-order valence-corrected chi connectivity index (χ2v) is 8.32. The molecule has 114 valence electrons. The first-order valence-corrected chi connectivity index (χ1v) is 9.09. The lowest BCUT2D eigenvalue weighted by Crippen LogP contribution is -2.26. The van der Waals surface area contributed by atoms with Crippen molar-refractivity contribution >= 4 is 33.0 Å². The topological polar surface area (TPSA) is 75.3 Å². The van der Waals surface area contributed by atoms with Gasteiger partial charge in [0.05, 0.1) is 17.9 Å². The molecule has 2 aliphatic heterocycles. The summed E-state index contributed by atoms with van der Waals surface area (Å²) in [6, 6.07) is 3.56. The van der Waals surface area contributed by atoms with E-state index in [9.17, 15) is 13.2 Å². The van der Waals surface area contributed by atoms with E-state index in [1.165, 1.54) is 0 Å². The van der Waals surface area contributed by atoms with Crippen molar-refractivity contribution in [3.63, 3.8) is 0 Å². The van der Waals surface area contributed by atoms with Crippen LogP contribution in [0.2, 0.25) is 5.02 Å². The number of rotatable bonds is 3. The molecule has 2 aliphatic rings. The number of halogens is 1. The zero-order valence-electron chi connectivity index (χ0n) is 11.6. The number of nitrogens with one attached hydrogen (secondary N) is 2. The summed E-state index contributed by atoms with van der Waals surface area (Å²) in [4.78, 5) is 11.5. The minimum Gasteiger partial charge on any atom is -0.325 e. The monoisotopic (exact) mass is 328 g/mol. The van der Waals surface area contributed by atoms with Crippen LogP contribution < -0.4 is 10.6 Å². The summed E-state index contributed by atoms with van der Waals surface area (Å²) >= 11 is 6.34. The maximum atomic E-state index is 11.7. The van der Waals surface area contributed by atoms with Gasteiger partial charge in [0.1, 0.15) is 0 Å². The molecule has 2 atom stereocenters. The molecule has 0 radical (unpaired) electrons. The van der Waals surface area contributed by atoms with E-state index in [4.69, 9.17) is 11.6 Å². The highest BCUT2D eigenvalue weighted by atomic mass is 35.5. The van der Waals surface area contributed by atoms with Gasteiger partial charge >= 0.3 is 0 Å². The molecule has 2 heterocycles. The van der Waals surface area contributed by atoms with Gasteiger partial charge < -0.3 is 10.6 Å². The summed E-state index contributed by atoms with van der Waals surface area (Å²) in [7, 11) is -1.13. The zero-order valence-corrected chi connectivity index (χ0v) is 13.2. The number of benzene rings is 1. The first-order valence-electron chi connectivity index (χ1n) is 6.89. The number of fused-ring (bicyclic) bond motifs is 1. The SMILES string of the molecule is CNC(c1cc2c(cc1Cl)NC(=O)C2)C1CCS(=O)(=O)C1. The number of carbonyl (C=O) groups is 1. The number of hydrogen-bond donors (Lipinski definition) is 2. The number of carbonyl (C=O) groups excluding carboxylic acids is 1. The van der Waals surface area contributed by atoms with Crippen molar-refractivity contribution in [2.24, 2.45) is 5.92 Å². The van der Waals surface area contributed by atoms with Gasteiger partial charge in [0, 0.05) is 16.8 Å². The predicted molar refractivity (Wildman–Crippen MR) is 82.3 cm³/mol. The Kier molecular flexibility index (Phi) is 3.71. The van der Waals surface area contributed by atoms with Crippen LogP contribution in [0.15, 0.2) is 12.1 Å². The van der Waals surface area contributed by atoms with Crippen LogP contribution in [0, 0.1) is 5.92 Å². The maximum absolute atomic E-state index is 11.7. The quantitative estimate of drug-likeness (QED) is 0.882. The maximum Gasteiger partial charge on any atom is 0.228 e. The highest BCUT2D eigenvalue weighted by molar-refractivity contribution is 7.91. The average Bonchev–Trinajstić information content (AvgIpc) is 2.92. The molecule has 0 aliphatic carbocycles. The Labute approximate surface area is 129 Å². The number of sulfone groups is 1. The summed E-state index contributed by atoms with van der Waals surface area (Å²) in [5, 5.41) is 6.51. The van der Waals surface area contributed by atoms with Crippen molar-refractivity contribution in [3.8, 4) is 0 Å². The van der Waals surface area contributed by atoms with Gasteiger partial charge in [-0.3, -0.25) is 4.79 Å². The smallest absolute Gasteiger partial charge is 0.228 e. The van der Waals surface area contributed by atoms with Gasteiger partial charge in [0.15, 0.2) is 9.84 Å². The van der Waals surface area contributed by atoms with Gasteiger partial charge in [-0.2, -0.15) is 0 Å². The second-order valence-electron chi connectivity index (χ2n) is 5.69. The Hall–Kier alpha value is -1.11. The van der Waals surface area contributed by atoms with E-state index in [0.717, 1.165) is 16.8 Å². The minimum atomic E-state index is -2.94. The van der Waals surface area contributed by atoms with Gasteiger partial charge in [-0.05, 0) is 36.6 Å². The first-order chi connectivity index (χ1) is 9.89. The van der Waals surface area contributed by atoms with Crippen LogP contribution in [0.1, 0.15) is 23.6 Å². The Balaban J connectivity index is 1.95. The molecule has 1 saturated heterocycles. The van der Waals surface area contributed by atoms with Crippen LogP contribution in [0.4, 0.5) is 5.69 Å². The van der Waals surface area contributed by atoms with E-state index in [1.807, 2.05) is 13.1 Å². The predicted octanol–water partition coefficient (Wildman–Crippen LogP) is 1.53. The summed E-state index contributed by atoms with van der Waals surface area (Å²) in [6.07, 6.45) is 0.983. The fraction of sp³-hybridized carbons (Fsp3) is 0.500. The van der Waals surface area contributed by atoms with Crippen LogP contribution >= 0.6 is 11.6 Å². The molecule has 21 heavy (non-hydrogen) atoms. The van der Waals surface area contributed by atoms with Gasteiger partial charge in [0.2, 0.25) is 5.91 Å². The molecule has 0 aromatic heterocycles. The number of anilines is 1. The molecule has 1 aromatic rings. The molecule has 1 amide bonds. The molecular formula is C14H17ClN2O3S. The number of amides is 1. The van der Waals surface area contributed by atoms with E-state index < -0.39 is 9.84 Å². The van der Waals surface area contributed by atoms with E-state index in [-0.39, 0.29) is 29.4 Å². The fourth-order valence-electron chi connectivity index (χ4n) is 3.24. The van der Waals surface area contributed by atoms with Crippen molar-refractivity contribution in [3.05, 3.63) is 28.3 Å². The van der Waals surface area contributed by atoms with Gasteiger partial charge in [0.25, 0.3) is 0 Å². The normalized spacial score (nSPS) is 24.7. The molecule has 0 spiro atoms. The van der Waals surface area contributed by atoms with Gasteiger partial charge in [-0.1, -0.05) is 17.7 Å². The molecule has 5 nitrogen and oxygen atoms in total. The van der Waals surface area contributed by atoms with Crippen LogP contribution in [-0.2, 0) is 21.1 Å². The molecule has 1 aromatic carbocycles. The van der Waals surface area contributed by atoms with Gasteiger partial charge in [-0.25, -0.2) is 8.42 Å². The summed E-state index contributed by atoms with van der Waals surface area (Å²) in [6.45, 7) is 0. The van der Waals surface area contributed by atoms with Crippen molar-refractivity contribution in [1.29, 1.82) is 0 Å². The Morgan fingerprint density at radius 2 is 2.19 bits per heavy atom. The van der Waals surface area contributed by atoms with E-state index in [1.54, 1.807) is 6.07 Å². The highest BCUT2D eigenvalue weighted by Crippen LogP contribution is 2.38. The Bertz CT molecular complexity index is 702. The van der Waals surface area contributed by atoms with Crippen LogP contribution in [0.3, 0.4) is 0 Å². The van der Waals surface area contributed by atoms with E-state index >= 15 is 0 Å². The van der Waals surface area contributed by atoms with Crippen LogP contribution in [0.5, 0.6) is 0 Å². The Morgan fingerprint density at radius 1 is 1.43 bits per heavy atom. The summed E-state index contributed by atoms with van der Waals surface area (Å²) in [5.74, 6) is 0.393. The minimum absolute atomic E-state index is 0.0145. The summed E-state index contributed by atoms with van der Waals surface area (Å²) < 4.78 is 23.4. The lowest BCUT2D eigenvalue weighted by Gasteiger charge is -2.24. The van der Waals surface area contributed by atoms with Gasteiger partial charge in [-0.15, -0.1) is 0 Å². The molecule has 0 saturated carbocycles. The third-order valence-corrected chi connectivity index (χ3v) is 6.35. The average molecular weight is 329 g/mol. The fourth-order valence-corrected chi connectivity index (χ4v) is 5.36. The second kappa shape index (κ2) is 5.26. The Morgan fingerprint density at radius 3 is 2.81 bits per heavy atom. The van der Waals surface area contributed by atoms with Crippen molar-refractivity contribution in [1.82, 2.24) is 5.32 Å². The van der Waals surface area contributed by atoms with Crippen LogP contribution in [0.25, 0.3) is 0 Å². The van der Waals surface area contributed by atoms with Crippen molar-refractivity contribution in [2.45, 2.75) is 18.9 Å². The molecular weight excluding hydrogens is 312 g/mol. The molecule has 3 rings (SSSR count). The molecule has 1 fully saturated rings. The molecule has 2 N–H and O–H groups in total. The van der Waals surface area contributed by atoms with Crippen molar-refractivity contribution < 1.29 is 13.2 Å². The summed E-state index contributed by atoms with van der Waals surface area (Å²) in [5.41, 5.74) is 2.54. The third kappa shape index (κ3) is 2.80. The third-order valence-electron chi connectivity index (χ3n) is 4.23. The standard InChI is InChI=1S/C14H17ClN2O3S/c1-16-14(8-2-3-21(19,20)7-8)10-4-9-5-13(18)17-12(9)6-11(10)15/h4,6,8,14,16H,2-3,5,7H2,1H3,(H,17,18). The molecule has 7 heteroatoms. The van der Waals surface area contributed by atoms with Crippen LogP contribution in [-0.4, -0.2) is 32.9 Å². The largest absolute Gasteiger partial charge is 0.325 e. The first kappa shape index (κ1) is 14.8. The lowest BCUT2D eigenvalue weighted by atomic mass is 9.91.